The molecule has 2 aromatic rings. The fourth-order valence-electron chi connectivity index (χ4n) is 1.64. The molecule has 0 aromatic heterocycles. The Kier molecular flexibility index (Phi) is 5.61. The Balaban J connectivity index is 2.03. The van der Waals surface area contributed by atoms with Crippen LogP contribution in [0.3, 0.4) is 0 Å². The quantitative estimate of drug-likeness (QED) is 0.390. The highest BCUT2D eigenvalue weighted by Gasteiger charge is 2.07. The van der Waals surface area contributed by atoms with Crippen LogP contribution in [-0.4, -0.2) is 13.1 Å². The number of carbonyl (C=O) groups is 1. The van der Waals surface area contributed by atoms with Gasteiger partial charge in [-0.2, -0.15) is 15.5 Å². The van der Waals surface area contributed by atoms with Gasteiger partial charge in [-0.25, -0.2) is 4.79 Å². The number of esters is 1. The normalized spacial score (nSPS) is 11.0. The summed E-state index contributed by atoms with van der Waals surface area (Å²) in [4.78, 5) is 11.3. The number of benzene rings is 2. The number of hydrogen-bond donors (Lipinski definition) is 1. The summed E-state index contributed by atoms with van der Waals surface area (Å²) in [5, 5.41) is 19.9. The van der Waals surface area contributed by atoms with Gasteiger partial charge in [-0.05, 0) is 36.4 Å². The summed E-state index contributed by atoms with van der Waals surface area (Å²) in [6, 6.07) is 18.3. The van der Waals surface area contributed by atoms with Crippen molar-refractivity contribution in [1.82, 2.24) is 0 Å². The van der Waals surface area contributed by atoms with E-state index in [2.05, 4.69) is 20.3 Å². The predicted molar refractivity (Wildman–Crippen MR) is 86.4 cm³/mol. The summed E-state index contributed by atoms with van der Waals surface area (Å²) in [5.41, 5.74) is 2.06. The number of nitrogens with zero attached hydrogens (tertiary/aromatic N) is 3. The lowest BCUT2D eigenvalue weighted by Crippen LogP contribution is -2.05. The first-order valence-corrected chi connectivity index (χ1v) is 6.75. The number of carbonyl (C=O) groups excluding carboxylic acids is 1. The van der Waals surface area contributed by atoms with Gasteiger partial charge in [0.2, 0.25) is 0 Å². The predicted octanol–water partition coefficient (Wildman–Crippen LogP) is 4.09. The molecule has 0 bridgehead atoms. The van der Waals surface area contributed by atoms with Gasteiger partial charge in [0.1, 0.15) is 6.07 Å². The van der Waals surface area contributed by atoms with Crippen molar-refractivity contribution in [2.75, 3.05) is 12.4 Å². The minimum atomic E-state index is -0.687. The van der Waals surface area contributed by atoms with Crippen LogP contribution < -0.4 is 5.32 Å². The van der Waals surface area contributed by atoms with Crippen molar-refractivity contribution in [1.29, 1.82) is 5.26 Å². The SMILES string of the molecule is COC(=O)C(C#N)=CNc1ccc(N=Nc2ccccc2)cc1. The van der Waals surface area contributed by atoms with Crippen LogP contribution in [0.2, 0.25) is 0 Å². The minimum Gasteiger partial charge on any atom is -0.465 e. The van der Waals surface area contributed by atoms with Gasteiger partial charge >= 0.3 is 5.97 Å². The highest BCUT2D eigenvalue weighted by atomic mass is 16.5. The molecule has 0 heterocycles. The number of rotatable bonds is 5. The summed E-state index contributed by atoms with van der Waals surface area (Å²) in [5.74, 6) is -0.687. The molecule has 114 valence electrons. The van der Waals surface area contributed by atoms with E-state index in [9.17, 15) is 4.79 Å². The van der Waals surface area contributed by atoms with Crippen LogP contribution in [0.1, 0.15) is 0 Å². The van der Waals surface area contributed by atoms with Gasteiger partial charge in [0.15, 0.2) is 5.57 Å². The van der Waals surface area contributed by atoms with Crippen LogP contribution >= 0.6 is 0 Å². The minimum absolute atomic E-state index is 0.111. The van der Waals surface area contributed by atoms with Crippen molar-refractivity contribution in [3.8, 4) is 6.07 Å². The maximum absolute atomic E-state index is 11.3. The molecule has 2 rings (SSSR count). The van der Waals surface area contributed by atoms with Crippen LogP contribution in [0.4, 0.5) is 17.1 Å². The topological polar surface area (TPSA) is 86.8 Å². The first kappa shape index (κ1) is 15.9. The molecule has 0 aliphatic heterocycles. The molecule has 0 amide bonds. The third kappa shape index (κ3) is 4.79. The molecular formula is C17H14N4O2. The summed E-state index contributed by atoms with van der Waals surface area (Å²) >= 11 is 0. The molecule has 2 aromatic carbocycles. The van der Waals surface area contributed by atoms with Crippen molar-refractivity contribution >= 4 is 23.0 Å². The van der Waals surface area contributed by atoms with Gasteiger partial charge in [-0.1, -0.05) is 18.2 Å². The zero-order valence-corrected chi connectivity index (χ0v) is 12.4. The fraction of sp³-hybridized carbons (Fsp3) is 0.0588. The number of hydrogen-bond acceptors (Lipinski definition) is 6. The van der Waals surface area contributed by atoms with Crippen LogP contribution in [0.5, 0.6) is 0 Å². The van der Waals surface area contributed by atoms with E-state index in [0.717, 1.165) is 5.69 Å². The van der Waals surface area contributed by atoms with E-state index in [-0.39, 0.29) is 5.57 Å². The molecule has 6 heteroatoms. The Labute approximate surface area is 133 Å². The number of nitriles is 1. The largest absolute Gasteiger partial charge is 0.465 e. The second-order valence-corrected chi connectivity index (χ2v) is 4.39. The molecule has 0 unspecified atom stereocenters. The van der Waals surface area contributed by atoms with E-state index in [4.69, 9.17) is 5.26 Å². The number of anilines is 1. The van der Waals surface area contributed by atoms with E-state index >= 15 is 0 Å². The second-order valence-electron chi connectivity index (χ2n) is 4.39. The lowest BCUT2D eigenvalue weighted by Gasteiger charge is -2.02. The third-order valence-corrected chi connectivity index (χ3v) is 2.81. The van der Waals surface area contributed by atoms with Crippen LogP contribution in [0.15, 0.2) is 76.6 Å². The van der Waals surface area contributed by atoms with Crippen molar-refractivity contribution < 1.29 is 9.53 Å². The van der Waals surface area contributed by atoms with Crippen LogP contribution in [0.25, 0.3) is 0 Å². The first-order chi connectivity index (χ1) is 11.2. The monoisotopic (exact) mass is 306 g/mol. The highest BCUT2D eigenvalue weighted by Crippen LogP contribution is 2.20. The molecular weight excluding hydrogens is 292 g/mol. The van der Waals surface area contributed by atoms with Crippen molar-refractivity contribution in [2.24, 2.45) is 10.2 Å². The molecule has 0 spiro atoms. The second kappa shape index (κ2) is 8.10. The number of azo groups is 1. The van der Waals surface area contributed by atoms with Gasteiger partial charge in [-0.15, -0.1) is 0 Å². The molecule has 0 saturated heterocycles. The fourth-order valence-corrected chi connectivity index (χ4v) is 1.64. The third-order valence-electron chi connectivity index (χ3n) is 2.81. The maximum Gasteiger partial charge on any atom is 0.350 e. The summed E-state index contributed by atoms with van der Waals surface area (Å²) in [7, 11) is 1.22. The van der Waals surface area contributed by atoms with E-state index in [1.165, 1.54) is 13.3 Å². The number of ether oxygens (including phenoxy) is 1. The van der Waals surface area contributed by atoms with Gasteiger partial charge in [0, 0.05) is 11.9 Å². The Morgan fingerprint density at radius 2 is 1.70 bits per heavy atom. The van der Waals surface area contributed by atoms with Crippen molar-refractivity contribution in [2.45, 2.75) is 0 Å². The molecule has 1 N–H and O–H groups in total. The number of methoxy groups -OCH3 is 1. The molecule has 0 fully saturated rings. The first-order valence-electron chi connectivity index (χ1n) is 6.75. The molecule has 0 radical (unpaired) electrons. The van der Waals surface area contributed by atoms with Gasteiger partial charge in [0.05, 0.1) is 18.5 Å². The summed E-state index contributed by atoms with van der Waals surface area (Å²) < 4.78 is 4.49. The average molecular weight is 306 g/mol. The van der Waals surface area contributed by atoms with E-state index in [1.807, 2.05) is 30.3 Å². The van der Waals surface area contributed by atoms with Crippen LogP contribution in [0, 0.1) is 11.3 Å². The van der Waals surface area contributed by atoms with Crippen molar-refractivity contribution in [3.63, 3.8) is 0 Å². The van der Waals surface area contributed by atoms with E-state index in [0.29, 0.717) is 11.4 Å². The van der Waals surface area contributed by atoms with Gasteiger partial charge in [0.25, 0.3) is 0 Å². The molecule has 0 aliphatic carbocycles. The molecule has 6 nitrogen and oxygen atoms in total. The summed E-state index contributed by atoms with van der Waals surface area (Å²) in [6.45, 7) is 0. The Bertz CT molecular complexity index is 759. The van der Waals surface area contributed by atoms with Crippen molar-refractivity contribution in [3.05, 3.63) is 66.4 Å². The van der Waals surface area contributed by atoms with Gasteiger partial charge in [-0.3, -0.25) is 0 Å². The summed E-state index contributed by atoms with van der Waals surface area (Å²) in [6.07, 6.45) is 1.30. The Hall–Kier alpha value is -3.46. The highest BCUT2D eigenvalue weighted by molar-refractivity contribution is 5.93. The lowest BCUT2D eigenvalue weighted by molar-refractivity contribution is -0.135. The lowest BCUT2D eigenvalue weighted by atomic mass is 10.2. The average Bonchev–Trinajstić information content (AvgIpc) is 2.62. The smallest absolute Gasteiger partial charge is 0.350 e. The van der Waals surface area contributed by atoms with E-state index < -0.39 is 5.97 Å². The maximum atomic E-state index is 11.3. The van der Waals surface area contributed by atoms with E-state index in [1.54, 1.807) is 30.3 Å². The zero-order valence-electron chi connectivity index (χ0n) is 12.4. The molecule has 0 saturated carbocycles. The Morgan fingerprint density at radius 1 is 1.09 bits per heavy atom. The molecule has 0 atom stereocenters. The van der Waals surface area contributed by atoms with Gasteiger partial charge < -0.3 is 10.1 Å². The number of nitrogens with one attached hydrogen (secondary N) is 1. The zero-order chi connectivity index (χ0) is 16.5. The van der Waals surface area contributed by atoms with Crippen LogP contribution in [-0.2, 0) is 9.53 Å². The molecule has 0 aliphatic rings. The molecule has 23 heavy (non-hydrogen) atoms. The standard InChI is InChI=1S/C17H14N4O2/c1-23-17(22)13(11-18)12-19-14-7-9-16(10-8-14)21-20-15-5-3-2-4-6-15/h2-10,12,19H,1H3. The Morgan fingerprint density at radius 3 is 2.26 bits per heavy atom.